The maximum atomic E-state index is 11.1. The van der Waals surface area contributed by atoms with E-state index in [2.05, 4.69) is 0 Å². The van der Waals surface area contributed by atoms with Crippen LogP contribution in [0.25, 0.3) is 0 Å². The van der Waals surface area contributed by atoms with Crippen molar-refractivity contribution in [3.8, 4) is 0 Å². The maximum Gasteiger partial charge on any atom is 0.411 e. The van der Waals surface area contributed by atoms with E-state index in [-0.39, 0.29) is 11.3 Å². The molecular weight excluding hydrogens is 204 g/mol. The number of non-ortho nitro benzene ring substituents is 1. The minimum atomic E-state index is -1.47. The van der Waals surface area contributed by atoms with E-state index in [1.54, 1.807) is 5.32 Å². The molecule has 1 aromatic carbocycles. The Labute approximate surface area is 83.5 Å². The van der Waals surface area contributed by atoms with Gasteiger partial charge in [0.2, 0.25) is 0 Å². The lowest BCUT2D eigenvalue weighted by Gasteiger charge is -1.98. The molecule has 0 spiro atoms. The van der Waals surface area contributed by atoms with E-state index >= 15 is 0 Å². The summed E-state index contributed by atoms with van der Waals surface area (Å²) in [6, 6.07) is 4.60. The first kappa shape index (κ1) is 10.6. The van der Waals surface area contributed by atoms with Crippen LogP contribution in [0.5, 0.6) is 0 Å². The van der Waals surface area contributed by atoms with Crippen molar-refractivity contribution < 1.29 is 19.6 Å². The largest absolute Gasteiger partial charge is 0.465 e. The molecule has 2 amide bonds. The second-order valence-electron chi connectivity index (χ2n) is 2.56. The Morgan fingerprint density at radius 1 is 1.27 bits per heavy atom. The molecule has 2 N–H and O–H groups in total. The second kappa shape index (κ2) is 4.18. The zero-order chi connectivity index (χ0) is 11.4. The highest BCUT2D eigenvalue weighted by Crippen LogP contribution is 2.11. The smallest absolute Gasteiger partial charge is 0.411 e. The van der Waals surface area contributed by atoms with Crippen LogP contribution in [0.2, 0.25) is 0 Å². The Hall–Kier alpha value is -2.44. The summed E-state index contributed by atoms with van der Waals surface area (Å²) < 4.78 is 0. The SMILES string of the molecule is O=C(O)NC(=O)c1ccc([N+](=O)[O-])cc1. The first-order valence-corrected chi connectivity index (χ1v) is 3.79. The van der Waals surface area contributed by atoms with Gasteiger partial charge in [0.25, 0.3) is 11.6 Å². The molecular formula is C8H6N2O5. The average molecular weight is 210 g/mol. The number of carbonyl (C=O) groups is 2. The number of nitrogens with one attached hydrogen (secondary N) is 1. The standard InChI is InChI=1S/C8H6N2O5/c11-7(9-8(12)13)5-1-3-6(4-2-5)10(14)15/h1-4H,(H,9,11)(H,12,13). The molecule has 0 fully saturated rings. The summed E-state index contributed by atoms with van der Waals surface area (Å²) in [5.74, 6) is -0.822. The third kappa shape index (κ3) is 2.76. The summed E-state index contributed by atoms with van der Waals surface area (Å²) in [4.78, 5) is 30.9. The van der Waals surface area contributed by atoms with Gasteiger partial charge in [0.15, 0.2) is 0 Å². The quantitative estimate of drug-likeness (QED) is 0.558. The fourth-order valence-corrected chi connectivity index (χ4v) is 0.904. The molecule has 0 radical (unpaired) electrons. The highest BCUT2D eigenvalue weighted by Gasteiger charge is 2.10. The van der Waals surface area contributed by atoms with Gasteiger partial charge in [-0.3, -0.25) is 20.2 Å². The number of carboxylic acid groups (broad SMARTS) is 1. The van der Waals surface area contributed by atoms with Crippen LogP contribution in [-0.4, -0.2) is 22.0 Å². The number of hydrogen-bond donors (Lipinski definition) is 2. The number of hydrogen-bond acceptors (Lipinski definition) is 4. The number of rotatable bonds is 2. The number of carbonyl (C=O) groups excluding carboxylic acids is 1. The van der Waals surface area contributed by atoms with Crippen molar-refractivity contribution in [2.75, 3.05) is 0 Å². The van der Waals surface area contributed by atoms with Gasteiger partial charge < -0.3 is 5.11 Å². The lowest BCUT2D eigenvalue weighted by Crippen LogP contribution is -2.28. The van der Waals surface area contributed by atoms with Crippen molar-refractivity contribution in [2.45, 2.75) is 0 Å². The minimum Gasteiger partial charge on any atom is -0.465 e. The third-order valence-corrected chi connectivity index (χ3v) is 1.56. The Bertz CT molecular complexity index is 412. The van der Waals surface area contributed by atoms with Crippen LogP contribution in [0.1, 0.15) is 10.4 Å². The van der Waals surface area contributed by atoms with Crippen LogP contribution < -0.4 is 5.32 Å². The van der Waals surface area contributed by atoms with Gasteiger partial charge in [-0.2, -0.15) is 0 Å². The minimum absolute atomic E-state index is 0.0444. The summed E-state index contributed by atoms with van der Waals surface area (Å²) in [5, 5.41) is 20.1. The average Bonchev–Trinajstić information content (AvgIpc) is 2.17. The zero-order valence-electron chi connectivity index (χ0n) is 7.34. The van der Waals surface area contributed by atoms with Crippen LogP contribution in [0.4, 0.5) is 10.5 Å². The van der Waals surface area contributed by atoms with Gasteiger partial charge >= 0.3 is 6.09 Å². The maximum absolute atomic E-state index is 11.1. The molecule has 7 nitrogen and oxygen atoms in total. The fraction of sp³-hybridized carbons (Fsp3) is 0. The predicted molar refractivity (Wildman–Crippen MR) is 48.6 cm³/mol. The number of amides is 2. The Morgan fingerprint density at radius 2 is 1.80 bits per heavy atom. The first-order chi connectivity index (χ1) is 7.00. The van der Waals surface area contributed by atoms with Crippen LogP contribution in [0.3, 0.4) is 0 Å². The molecule has 0 bridgehead atoms. The summed E-state index contributed by atoms with van der Waals surface area (Å²) >= 11 is 0. The molecule has 0 heterocycles. The molecule has 78 valence electrons. The van der Waals surface area contributed by atoms with Crippen LogP contribution in [0.15, 0.2) is 24.3 Å². The van der Waals surface area contributed by atoms with Crippen molar-refractivity contribution in [3.63, 3.8) is 0 Å². The third-order valence-electron chi connectivity index (χ3n) is 1.56. The van der Waals surface area contributed by atoms with Gasteiger partial charge in [-0.1, -0.05) is 0 Å². The Balaban J connectivity index is 2.84. The molecule has 1 rings (SSSR count). The number of benzene rings is 1. The molecule has 0 aromatic heterocycles. The van der Waals surface area contributed by atoms with Crippen LogP contribution in [-0.2, 0) is 0 Å². The Kier molecular flexibility index (Phi) is 2.97. The van der Waals surface area contributed by atoms with E-state index in [0.29, 0.717) is 0 Å². The Morgan fingerprint density at radius 3 is 2.20 bits per heavy atom. The molecule has 15 heavy (non-hydrogen) atoms. The molecule has 0 aliphatic rings. The van der Waals surface area contributed by atoms with Gasteiger partial charge in [-0.05, 0) is 12.1 Å². The van der Waals surface area contributed by atoms with Crippen molar-refractivity contribution in [1.29, 1.82) is 0 Å². The fourth-order valence-electron chi connectivity index (χ4n) is 0.904. The number of imide groups is 1. The van der Waals surface area contributed by atoms with Gasteiger partial charge in [-0.15, -0.1) is 0 Å². The number of nitro groups is 1. The molecule has 7 heteroatoms. The lowest BCUT2D eigenvalue weighted by atomic mass is 10.2. The van der Waals surface area contributed by atoms with Gasteiger partial charge in [0, 0.05) is 17.7 Å². The molecule has 1 aromatic rings. The van der Waals surface area contributed by atoms with E-state index in [0.717, 1.165) is 12.1 Å². The van der Waals surface area contributed by atoms with Crippen molar-refractivity contribution in [1.82, 2.24) is 5.32 Å². The van der Waals surface area contributed by atoms with E-state index < -0.39 is 16.9 Å². The molecule has 0 aliphatic carbocycles. The molecule has 0 atom stereocenters. The van der Waals surface area contributed by atoms with Gasteiger partial charge in [-0.25, -0.2) is 4.79 Å². The highest BCUT2D eigenvalue weighted by molar-refractivity contribution is 6.02. The van der Waals surface area contributed by atoms with Gasteiger partial charge in [0.05, 0.1) is 4.92 Å². The molecule has 0 saturated heterocycles. The summed E-state index contributed by atoms with van der Waals surface area (Å²) in [7, 11) is 0. The first-order valence-electron chi connectivity index (χ1n) is 3.79. The van der Waals surface area contributed by atoms with Gasteiger partial charge in [0.1, 0.15) is 0 Å². The van der Waals surface area contributed by atoms with E-state index in [1.807, 2.05) is 0 Å². The summed E-state index contributed by atoms with van der Waals surface area (Å²) in [6.45, 7) is 0. The zero-order valence-corrected chi connectivity index (χ0v) is 7.34. The van der Waals surface area contributed by atoms with Crippen molar-refractivity contribution in [3.05, 3.63) is 39.9 Å². The van der Waals surface area contributed by atoms with E-state index in [4.69, 9.17) is 5.11 Å². The second-order valence-corrected chi connectivity index (χ2v) is 2.56. The van der Waals surface area contributed by atoms with Crippen LogP contribution in [0, 0.1) is 10.1 Å². The highest BCUT2D eigenvalue weighted by atomic mass is 16.6. The topological polar surface area (TPSA) is 110 Å². The summed E-state index contributed by atoms with van der Waals surface area (Å²) in [6.07, 6.45) is -1.47. The van der Waals surface area contributed by atoms with Crippen molar-refractivity contribution in [2.24, 2.45) is 0 Å². The van der Waals surface area contributed by atoms with E-state index in [9.17, 15) is 19.7 Å². The molecule has 0 saturated carbocycles. The lowest BCUT2D eigenvalue weighted by molar-refractivity contribution is -0.384. The number of nitro benzene ring substituents is 1. The summed E-state index contributed by atoms with van der Waals surface area (Å²) in [5.41, 5.74) is -0.120. The normalized spacial score (nSPS) is 9.33. The predicted octanol–water partition coefficient (Wildman–Crippen LogP) is 1.00. The monoisotopic (exact) mass is 210 g/mol. The molecule has 0 aliphatic heterocycles. The molecule has 0 unspecified atom stereocenters. The number of nitrogens with zero attached hydrogens (tertiary/aromatic N) is 1. The van der Waals surface area contributed by atoms with Crippen molar-refractivity contribution >= 4 is 17.7 Å². The van der Waals surface area contributed by atoms with Crippen LogP contribution >= 0.6 is 0 Å². The van der Waals surface area contributed by atoms with E-state index in [1.165, 1.54) is 12.1 Å².